The lowest BCUT2D eigenvalue weighted by Gasteiger charge is -2.24. The summed E-state index contributed by atoms with van der Waals surface area (Å²) >= 11 is 1.14. The van der Waals surface area contributed by atoms with Gasteiger partial charge in [-0.3, -0.25) is 9.59 Å². The van der Waals surface area contributed by atoms with Crippen LogP contribution in [0.25, 0.3) is 0 Å². The van der Waals surface area contributed by atoms with E-state index in [9.17, 15) is 14.4 Å². The number of urea groups is 1. The molecule has 0 fully saturated rings. The van der Waals surface area contributed by atoms with Crippen LogP contribution in [0.5, 0.6) is 5.75 Å². The summed E-state index contributed by atoms with van der Waals surface area (Å²) in [6.45, 7) is 3.66. The summed E-state index contributed by atoms with van der Waals surface area (Å²) in [6, 6.07) is 6.09. The molecule has 2 N–H and O–H groups in total. The average molecular weight is 368 g/mol. The van der Waals surface area contributed by atoms with E-state index in [1.54, 1.807) is 7.11 Å². The molecule has 0 aromatic heterocycles. The normalized spacial score (nSPS) is 11.5. The lowest BCUT2D eigenvalue weighted by molar-refractivity contribution is -0.138. The molecule has 1 rings (SSSR count). The van der Waals surface area contributed by atoms with E-state index in [2.05, 4.69) is 5.32 Å². The van der Waals surface area contributed by atoms with Crippen molar-refractivity contribution in [3.63, 3.8) is 0 Å². The number of ether oxygens (including phenoxy) is 1. The number of carboxylic acids is 1. The monoisotopic (exact) mass is 368 g/mol. The number of carboxylic acid groups (broad SMARTS) is 1. The minimum absolute atomic E-state index is 0.0191. The molecule has 1 atom stereocenters. The molecule has 138 valence electrons. The molecule has 0 unspecified atom stereocenters. The molecule has 1 aromatic carbocycles. The Labute approximate surface area is 151 Å². The van der Waals surface area contributed by atoms with Crippen molar-refractivity contribution in [3.8, 4) is 5.75 Å². The van der Waals surface area contributed by atoms with Crippen LogP contribution in [0.15, 0.2) is 24.3 Å². The van der Waals surface area contributed by atoms with Crippen molar-refractivity contribution in [3.05, 3.63) is 29.8 Å². The number of nitrogens with zero attached hydrogens (tertiary/aromatic N) is 1. The predicted octanol–water partition coefficient (Wildman–Crippen LogP) is 2.00. The maximum Gasteiger partial charge on any atom is 0.325 e. The SMILES string of the molecule is COc1ccc(CCN(CCSC(C)=O)C(=O)N[C@@H](C)C(=O)O)cc1. The Hall–Kier alpha value is -2.22. The summed E-state index contributed by atoms with van der Waals surface area (Å²) in [4.78, 5) is 35.8. The molecule has 0 aliphatic carbocycles. The molecule has 7 nitrogen and oxygen atoms in total. The maximum atomic E-state index is 12.3. The van der Waals surface area contributed by atoms with Gasteiger partial charge in [-0.05, 0) is 31.0 Å². The van der Waals surface area contributed by atoms with Gasteiger partial charge in [-0.25, -0.2) is 4.79 Å². The molecule has 25 heavy (non-hydrogen) atoms. The van der Waals surface area contributed by atoms with Crippen molar-refractivity contribution >= 4 is 28.9 Å². The number of thioether (sulfide) groups is 1. The topological polar surface area (TPSA) is 95.9 Å². The number of methoxy groups -OCH3 is 1. The van der Waals surface area contributed by atoms with E-state index in [0.717, 1.165) is 23.1 Å². The number of amides is 2. The second-order valence-electron chi connectivity index (χ2n) is 5.43. The van der Waals surface area contributed by atoms with Gasteiger partial charge in [0.05, 0.1) is 7.11 Å². The lowest BCUT2D eigenvalue weighted by Crippen LogP contribution is -2.48. The third-order valence-corrected chi connectivity index (χ3v) is 4.29. The summed E-state index contributed by atoms with van der Waals surface area (Å²) in [7, 11) is 1.59. The van der Waals surface area contributed by atoms with Crippen LogP contribution in [0.4, 0.5) is 4.79 Å². The fourth-order valence-electron chi connectivity index (χ4n) is 2.01. The van der Waals surface area contributed by atoms with E-state index < -0.39 is 18.0 Å². The second kappa shape index (κ2) is 10.6. The molecule has 0 saturated carbocycles. The number of hydrogen-bond donors (Lipinski definition) is 2. The van der Waals surface area contributed by atoms with Crippen LogP contribution in [0, 0.1) is 0 Å². The number of carbonyl (C=O) groups is 3. The van der Waals surface area contributed by atoms with Gasteiger partial charge in [-0.15, -0.1) is 0 Å². The van der Waals surface area contributed by atoms with E-state index in [-0.39, 0.29) is 5.12 Å². The summed E-state index contributed by atoms with van der Waals surface area (Å²) < 4.78 is 5.11. The van der Waals surface area contributed by atoms with Crippen molar-refractivity contribution in [2.45, 2.75) is 26.3 Å². The third-order valence-electron chi connectivity index (χ3n) is 3.49. The van der Waals surface area contributed by atoms with Crippen LogP contribution in [0.2, 0.25) is 0 Å². The standard InChI is InChI=1S/C17H24N2O5S/c1-12(16(21)22)18-17(23)19(10-11-25-13(2)20)9-8-14-4-6-15(24-3)7-5-14/h4-7,12H,8-11H2,1-3H3,(H,18,23)(H,21,22)/t12-/m0/s1. The predicted molar refractivity (Wildman–Crippen MR) is 97.0 cm³/mol. The van der Waals surface area contributed by atoms with Gasteiger partial charge < -0.3 is 20.1 Å². The maximum absolute atomic E-state index is 12.3. The minimum atomic E-state index is -1.10. The number of hydrogen-bond acceptors (Lipinski definition) is 5. The van der Waals surface area contributed by atoms with Crippen LogP contribution >= 0.6 is 11.8 Å². The van der Waals surface area contributed by atoms with E-state index in [1.807, 2.05) is 24.3 Å². The first-order valence-electron chi connectivity index (χ1n) is 7.88. The molecule has 0 bridgehead atoms. The molecule has 1 aromatic rings. The zero-order valence-corrected chi connectivity index (χ0v) is 15.5. The van der Waals surface area contributed by atoms with Crippen molar-refractivity contribution in [2.24, 2.45) is 0 Å². The van der Waals surface area contributed by atoms with Gasteiger partial charge in [0.25, 0.3) is 0 Å². The Morgan fingerprint density at radius 2 is 1.88 bits per heavy atom. The third kappa shape index (κ3) is 7.93. The van der Waals surface area contributed by atoms with Crippen LogP contribution in [0.3, 0.4) is 0 Å². The highest BCUT2D eigenvalue weighted by Gasteiger charge is 2.19. The van der Waals surface area contributed by atoms with Gasteiger partial charge in [-0.1, -0.05) is 23.9 Å². The van der Waals surface area contributed by atoms with E-state index in [4.69, 9.17) is 9.84 Å². The molecule has 0 saturated heterocycles. The van der Waals surface area contributed by atoms with Gasteiger partial charge in [0, 0.05) is 25.8 Å². The van der Waals surface area contributed by atoms with Crippen molar-refractivity contribution in [1.82, 2.24) is 10.2 Å². The molecule has 2 amide bonds. The lowest BCUT2D eigenvalue weighted by atomic mass is 10.1. The van der Waals surface area contributed by atoms with Crippen LogP contribution in [-0.2, 0) is 16.0 Å². The van der Waals surface area contributed by atoms with E-state index >= 15 is 0 Å². The first-order valence-corrected chi connectivity index (χ1v) is 8.86. The first-order chi connectivity index (χ1) is 11.8. The Morgan fingerprint density at radius 1 is 1.24 bits per heavy atom. The summed E-state index contributed by atoms with van der Waals surface area (Å²) in [5.41, 5.74) is 1.03. The number of aliphatic carboxylic acids is 1. The van der Waals surface area contributed by atoms with Gasteiger partial charge in [0.1, 0.15) is 11.8 Å². The van der Waals surface area contributed by atoms with Crippen LogP contribution in [-0.4, -0.2) is 59.1 Å². The minimum Gasteiger partial charge on any atom is -0.497 e. The van der Waals surface area contributed by atoms with Gasteiger partial charge >= 0.3 is 12.0 Å². The highest BCUT2D eigenvalue weighted by molar-refractivity contribution is 8.13. The molecular weight excluding hydrogens is 344 g/mol. The summed E-state index contributed by atoms with van der Waals surface area (Å²) in [5, 5.41) is 11.4. The summed E-state index contributed by atoms with van der Waals surface area (Å²) in [5.74, 6) is 0.125. The first kappa shape index (κ1) is 20.8. The number of nitrogens with one attached hydrogen (secondary N) is 1. The Balaban J connectivity index is 2.66. The van der Waals surface area contributed by atoms with Gasteiger partial charge in [0.2, 0.25) is 0 Å². The van der Waals surface area contributed by atoms with Crippen LogP contribution in [0.1, 0.15) is 19.4 Å². The Morgan fingerprint density at radius 3 is 2.40 bits per heavy atom. The zero-order valence-electron chi connectivity index (χ0n) is 14.7. The highest BCUT2D eigenvalue weighted by atomic mass is 32.2. The fraction of sp³-hybridized carbons (Fsp3) is 0.471. The van der Waals surface area contributed by atoms with E-state index in [1.165, 1.54) is 18.7 Å². The Kier molecular flexibility index (Phi) is 8.83. The van der Waals surface area contributed by atoms with Crippen molar-refractivity contribution in [1.29, 1.82) is 0 Å². The molecule has 0 aliphatic rings. The average Bonchev–Trinajstić information content (AvgIpc) is 2.57. The summed E-state index contributed by atoms with van der Waals surface area (Å²) in [6.07, 6.45) is 0.615. The van der Waals surface area contributed by atoms with Crippen molar-refractivity contribution in [2.75, 3.05) is 26.0 Å². The van der Waals surface area contributed by atoms with Crippen molar-refractivity contribution < 1.29 is 24.2 Å². The molecule has 0 spiro atoms. The highest BCUT2D eigenvalue weighted by Crippen LogP contribution is 2.12. The van der Waals surface area contributed by atoms with Gasteiger partial charge in [-0.2, -0.15) is 0 Å². The Bertz CT molecular complexity index is 591. The largest absolute Gasteiger partial charge is 0.497 e. The number of carbonyl (C=O) groups excluding carboxylic acids is 2. The molecule has 0 aliphatic heterocycles. The number of rotatable bonds is 9. The second-order valence-corrected chi connectivity index (χ2v) is 6.71. The van der Waals surface area contributed by atoms with Gasteiger partial charge in [0.15, 0.2) is 5.12 Å². The van der Waals surface area contributed by atoms with E-state index in [0.29, 0.717) is 25.3 Å². The molecule has 8 heteroatoms. The quantitative estimate of drug-likeness (QED) is 0.692. The van der Waals surface area contributed by atoms with Crippen LogP contribution < -0.4 is 10.1 Å². The zero-order chi connectivity index (χ0) is 18.8. The molecular formula is C17H24N2O5S. The smallest absolute Gasteiger partial charge is 0.325 e. The fourth-order valence-corrected chi connectivity index (χ4v) is 2.61. The molecule has 0 heterocycles. The molecule has 0 radical (unpaired) electrons. The number of benzene rings is 1.